The van der Waals surface area contributed by atoms with E-state index in [1.807, 2.05) is 11.9 Å². The maximum Gasteiger partial charge on any atom is 0.471 e. The van der Waals surface area contributed by atoms with Gasteiger partial charge in [-0.3, -0.25) is 14.7 Å². The minimum atomic E-state index is -5.18. The third kappa shape index (κ3) is 7.44. The Labute approximate surface area is 281 Å². The molecule has 47 heavy (non-hydrogen) atoms. The predicted molar refractivity (Wildman–Crippen MR) is 174 cm³/mol. The number of aromatic amines is 1. The van der Waals surface area contributed by atoms with Crippen LogP contribution in [0.2, 0.25) is 10.0 Å². The van der Waals surface area contributed by atoms with Crippen LogP contribution in [0.4, 0.5) is 30.4 Å². The molecule has 2 N–H and O–H groups in total. The van der Waals surface area contributed by atoms with Gasteiger partial charge < -0.3 is 24.8 Å². The van der Waals surface area contributed by atoms with E-state index in [1.54, 1.807) is 24.3 Å². The number of fused-ring (bicyclic) bond motifs is 1. The number of anilines is 3. The summed E-state index contributed by atoms with van der Waals surface area (Å²) < 4.78 is 47.7. The Balaban J connectivity index is 1.37. The van der Waals surface area contributed by atoms with Crippen LogP contribution in [0.3, 0.4) is 0 Å². The van der Waals surface area contributed by atoms with Gasteiger partial charge in [0.25, 0.3) is 5.91 Å². The van der Waals surface area contributed by atoms with Crippen molar-refractivity contribution in [1.82, 2.24) is 25.1 Å². The van der Waals surface area contributed by atoms with Crippen LogP contribution in [-0.2, 0) is 9.53 Å². The fourth-order valence-corrected chi connectivity index (χ4v) is 6.78. The van der Waals surface area contributed by atoms with Crippen molar-refractivity contribution >= 4 is 75.1 Å². The van der Waals surface area contributed by atoms with E-state index < -0.39 is 24.0 Å². The molecule has 11 nitrogen and oxygen atoms in total. The zero-order valence-electron chi connectivity index (χ0n) is 25.0. The average Bonchev–Trinajstić information content (AvgIpc) is 3.45. The largest absolute Gasteiger partial charge is 0.471 e. The van der Waals surface area contributed by atoms with Crippen LogP contribution in [-0.4, -0.2) is 95.5 Å². The number of nitrogens with zero attached hydrogens (tertiary/aromatic N) is 6. The van der Waals surface area contributed by atoms with Gasteiger partial charge in [0, 0.05) is 61.0 Å². The molecule has 2 saturated heterocycles. The van der Waals surface area contributed by atoms with Crippen LogP contribution in [0.25, 0.3) is 11.2 Å². The fraction of sp³-hybridized carbons (Fsp3) is 0.367. The molecular weight excluding hydrogens is 680 g/mol. The van der Waals surface area contributed by atoms with Gasteiger partial charge in [-0.25, -0.2) is 9.97 Å². The van der Waals surface area contributed by atoms with Crippen LogP contribution in [0, 0.1) is 0 Å². The molecule has 4 aromatic rings. The van der Waals surface area contributed by atoms with Crippen LogP contribution in [0.5, 0.6) is 0 Å². The monoisotopic (exact) mass is 708 g/mol. The van der Waals surface area contributed by atoms with Crippen molar-refractivity contribution in [2.24, 2.45) is 0 Å². The number of amides is 2. The van der Waals surface area contributed by atoms with Crippen LogP contribution < -0.4 is 15.1 Å². The SMILES string of the molecule is CN1CCN(c2ccc(C(=O)Nc3[nH]nc4ncc(Sc5cc(Cl)ccc5Cl)nc34)c(N(C(=O)C(F)(F)F)C3CCOCC3)c2)CC1. The van der Waals surface area contributed by atoms with Crippen molar-refractivity contribution in [2.45, 2.75) is 35.0 Å². The number of benzene rings is 2. The molecule has 0 saturated carbocycles. The number of carbonyl (C=O) groups excluding carboxylic acids is 2. The van der Waals surface area contributed by atoms with Crippen LogP contribution in [0.15, 0.2) is 52.5 Å². The number of hydrogen-bond donors (Lipinski definition) is 2. The Hall–Kier alpha value is -3.63. The second-order valence-electron chi connectivity index (χ2n) is 11.1. The molecule has 2 aromatic carbocycles. The highest BCUT2D eigenvalue weighted by atomic mass is 35.5. The number of likely N-dealkylation sites (N-methyl/N-ethyl adjacent to an activating group) is 1. The first-order valence-corrected chi connectivity index (χ1v) is 16.3. The number of nitrogens with one attached hydrogen (secondary N) is 2. The molecular formula is C30H29Cl2F3N8O3S. The molecule has 4 heterocycles. The van der Waals surface area contributed by atoms with Gasteiger partial charge in [0.1, 0.15) is 5.03 Å². The molecule has 17 heteroatoms. The van der Waals surface area contributed by atoms with E-state index in [0.717, 1.165) is 13.1 Å². The van der Waals surface area contributed by atoms with Crippen molar-refractivity contribution in [3.63, 3.8) is 0 Å². The topological polar surface area (TPSA) is 120 Å². The summed E-state index contributed by atoms with van der Waals surface area (Å²) in [4.78, 5) is 41.4. The summed E-state index contributed by atoms with van der Waals surface area (Å²) >= 11 is 13.6. The van der Waals surface area contributed by atoms with E-state index in [9.17, 15) is 22.8 Å². The molecule has 0 spiro atoms. The first-order valence-electron chi connectivity index (χ1n) is 14.7. The molecule has 0 radical (unpaired) electrons. The molecule has 0 unspecified atom stereocenters. The van der Waals surface area contributed by atoms with Crippen molar-refractivity contribution in [1.29, 1.82) is 0 Å². The van der Waals surface area contributed by atoms with Gasteiger partial charge in [-0.2, -0.15) is 18.3 Å². The number of rotatable bonds is 7. The minimum Gasteiger partial charge on any atom is -0.381 e. The van der Waals surface area contributed by atoms with Crippen LogP contribution in [0.1, 0.15) is 23.2 Å². The first-order chi connectivity index (χ1) is 22.5. The average molecular weight is 710 g/mol. The number of ether oxygens (including phenoxy) is 1. The van der Waals surface area contributed by atoms with E-state index in [1.165, 1.54) is 30.1 Å². The second kappa shape index (κ2) is 13.8. The quantitative estimate of drug-likeness (QED) is 0.242. The highest BCUT2D eigenvalue weighted by Crippen LogP contribution is 2.37. The van der Waals surface area contributed by atoms with Gasteiger partial charge in [0.05, 0.1) is 22.5 Å². The Morgan fingerprint density at radius 1 is 1.09 bits per heavy atom. The number of alkyl halides is 3. The summed E-state index contributed by atoms with van der Waals surface area (Å²) in [5, 5.41) is 10.9. The van der Waals surface area contributed by atoms with Crippen molar-refractivity contribution < 1.29 is 27.5 Å². The van der Waals surface area contributed by atoms with Gasteiger partial charge in [-0.15, -0.1) is 0 Å². The van der Waals surface area contributed by atoms with E-state index in [-0.39, 0.29) is 54.3 Å². The standard InChI is InChI=1S/C30H29Cl2F3N8O3S/c1-41-8-10-42(11-9-41)19-3-4-20(22(15-19)43(29(45)30(33,34)35)18-6-12-46-13-7-18)28(44)38-27-25-26(39-40-27)36-16-24(37-25)47-23-14-17(31)2-5-21(23)32/h2-5,14-16,18H,6-13H2,1H3,(H2,36,38,39,40,44). The lowest BCUT2D eigenvalue weighted by Gasteiger charge is -2.37. The van der Waals surface area contributed by atoms with Crippen molar-refractivity contribution in [3.05, 3.63) is 58.2 Å². The number of aromatic nitrogens is 4. The molecule has 0 bridgehead atoms. The highest BCUT2D eigenvalue weighted by Gasteiger charge is 2.46. The molecule has 6 rings (SSSR count). The summed E-state index contributed by atoms with van der Waals surface area (Å²) in [5.74, 6) is -2.74. The van der Waals surface area contributed by atoms with Crippen molar-refractivity contribution in [3.8, 4) is 0 Å². The molecule has 2 aliphatic rings. The Morgan fingerprint density at radius 3 is 2.55 bits per heavy atom. The zero-order chi connectivity index (χ0) is 33.3. The summed E-state index contributed by atoms with van der Waals surface area (Å²) in [6.45, 7) is 3.13. The highest BCUT2D eigenvalue weighted by molar-refractivity contribution is 7.99. The summed E-state index contributed by atoms with van der Waals surface area (Å²) in [6.07, 6.45) is -3.33. The molecule has 248 valence electrons. The Bertz CT molecular complexity index is 1800. The van der Waals surface area contributed by atoms with Gasteiger partial charge in [0.2, 0.25) is 5.65 Å². The molecule has 2 aliphatic heterocycles. The maximum atomic E-state index is 14.1. The second-order valence-corrected chi connectivity index (χ2v) is 13.0. The Morgan fingerprint density at radius 2 is 1.83 bits per heavy atom. The summed E-state index contributed by atoms with van der Waals surface area (Å²) in [6, 6.07) is 8.78. The molecule has 0 aliphatic carbocycles. The lowest BCUT2D eigenvalue weighted by Crippen LogP contribution is -2.50. The van der Waals surface area contributed by atoms with Crippen molar-refractivity contribution in [2.75, 3.05) is 61.6 Å². The molecule has 2 aromatic heterocycles. The fourth-order valence-electron chi connectivity index (χ4n) is 5.49. The predicted octanol–water partition coefficient (Wildman–Crippen LogP) is 5.89. The van der Waals surface area contributed by atoms with E-state index in [0.29, 0.717) is 43.6 Å². The van der Waals surface area contributed by atoms with Gasteiger partial charge in [-0.05, 0) is 56.3 Å². The maximum absolute atomic E-state index is 14.1. The molecule has 0 atom stereocenters. The minimum absolute atomic E-state index is 0.0750. The summed E-state index contributed by atoms with van der Waals surface area (Å²) in [5.41, 5.74) is 0.748. The van der Waals surface area contributed by atoms with E-state index in [2.05, 4.69) is 30.4 Å². The lowest BCUT2D eigenvalue weighted by atomic mass is 10.0. The number of piperazine rings is 1. The third-order valence-electron chi connectivity index (χ3n) is 7.96. The Kier molecular flexibility index (Phi) is 9.80. The van der Waals surface area contributed by atoms with Gasteiger partial charge >= 0.3 is 12.1 Å². The van der Waals surface area contributed by atoms with Gasteiger partial charge in [0.15, 0.2) is 11.3 Å². The molecule has 2 fully saturated rings. The number of carbonyl (C=O) groups is 2. The number of halogens is 5. The van der Waals surface area contributed by atoms with E-state index in [4.69, 9.17) is 27.9 Å². The third-order valence-corrected chi connectivity index (χ3v) is 9.60. The first kappa shape index (κ1) is 33.3. The smallest absolute Gasteiger partial charge is 0.381 e. The zero-order valence-corrected chi connectivity index (χ0v) is 27.3. The molecule has 2 amide bonds. The number of hydrogen-bond acceptors (Lipinski definition) is 9. The van der Waals surface area contributed by atoms with Gasteiger partial charge in [-0.1, -0.05) is 35.0 Å². The summed E-state index contributed by atoms with van der Waals surface area (Å²) in [7, 11) is 1.99. The van der Waals surface area contributed by atoms with E-state index >= 15 is 0 Å². The number of H-pyrrole nitrogens is 1. The van der Waals surface area contributed by atoms with Crippen LogP contribution >= 0.6 is 35.0 Å². The lowest BCUT2D eigenvalue weighted by molar-refractivity contribution is -0.171. The normalized spacial score (nSPS) is 16.4.